The molecular formula is C11H20N2O6. The van der Waals surface area contributed by atoms with E-state index in [9.17, 15) is 14.4 Å². The van der Waals surface area contributed by atoms with Gasteiger partial charge in [-0.3, -0.25) is 14.4 Å². The Kier molecular flexibility index (Phi) is 9.37. The van der Waals surface area contributed by atoms with Gasteiger partial charge in [-0.15, -0.1) is 0 Å². The summed E-state index contributed by atoms with van der Waals surface area (Å²) in [6.45, 7) is 2.07. The smallest absolute Gasteiger partial charge is 0.325 e. The predicted octanol–water partition coefficient (Wildman–Crippen LogP) is -1.52. The molecule has 0 fully saturated rings. The molecule has 1 atom stereocenters. The van der Waals surface area contributed by atoms with Gasteiger partial charge in [0.05, 0.1) is 19.8 Å². The maximum absolute atomic E-state index is 11.3. The molecule has 0 aliphatic heterocycles. The first-order valence-corrected chi connectivity index (χ1v) is 5.94. The van der Waals surface area contributed by atoms with E-state index in [0.29, 0.717) is 6.54 Å². The highest BCUT2D eigenvalue weighted by atomic mass is 16.5. The van der Waals surface area contributed by atoms with Crippen LogP contribution in [-0.2, 0) is 19.1 Å². The van der Waals surface area contributed by atoms with Gasteiger partial charge < -0.3 is 25.6 Å². The number of aliphatic hydroxyl groups excluding tert-OH is 1. The van der Waals surface area contributed by atoms with Crippen LogP contribution in [0.5, 0.6) is 0 Å². The van der Waals surface area contributed by atoms with Crippen LogP contribution >= 0.6 is 0 Å². The van der Waals surface area contributed by atoms with E-state index in [1.807, 2.05) is 0 Å². The van der Waals surface area contributed by atoms with Crippen LogP contribution in [0.15, 0.2) is 0 Å². The zero-order valence-corrected chi connectivity index (χ0v) is 10.8. The SMILES string of the molecule is CC(NC(=O)CCC(=O)NCCOCCO)C(=O)O. The molecule has 1 unspecified atom stereocenters. The number of rotatable bonds is 10. The van der Waals surface area contributed by atoms with Crippen molar-refractivity contribution in [3.05, 3.63) is 0 Å². The van der Waals surface area contributed by atoms with Crippen molar-refractivity contribution < 1.29 is 29.3 Å². The topological polar surface area (TPSA) is 125 Å². The molecule has 2 amide bonds. The highest BCUT2D eigenvalue weighted by Gasteiger charge is 2.14. The van der Waals surface area contributed by atoms with Gasteiger partial charge in [-0.05, 0) is 6.92 Å². The van der Waals surface area contributed by atoms with Crippen LogP contribution in [0.2, 0.25) is 0 Å². The molecule has 0 aromatic rings. The minimum Gasteiger partial charge on any atom is -0.480 e. The second-order valence-corrected chi connectivity index (χ2v) is 3.81. The summed E-state index contributed by atoms with van der Waals surface area (Å²) < 4.78 is 4.93. The maximum Gasteiger partial charge on any atom is 0.325 e. The first kappa shape index (κ1) is 17.3. The molecule has 8 heteroatoms. The van der Waals surface area contributed by atoms with E-state index in [-0.39, 0.29) is 38.6 Å². The van der Waals surface area contributed by atoms with Crippen LogP contribution in [0.4, 0.5) is 0 Å². The van der Waals surface area contributed by atoms with Gasteiger partial charge in [-0.25, -0.2) is 0 Å². The van der Waals surface area contributed by atoms with E-state index in [4.69, 9.17) is 14.9 Å². The van der Waals surface area contributed by atoms with Crippen molar-refractivity contribution in [2.45, 2.75) is 25.8 Å². The number of aliphatic carboxylic acids is 1. The number of aliphatic hydroxyl groups is 1. The predicted molar refractivity (Wildman–Crippen MR) is 65.4 cm³/mol. The van der Waals surface area contributed by atoms with E-state index < -0.39 is 17.9 Å². The molecule has 19 heavy (non-hydrogen) atoms. The number of carboxylic acids is 1. The maximum atomic E-state index is 11.3. The first-order valence-electron chi connectivity index (χ1n) is 5.94. The molecular weight excluding hydrogens is 256 g/mol. The van der Waals surface area contributed by atoms with Gasteiger partial charge in [0, 0.05) is 19.4 Å². The van der Waals surface area contributed by atoms with Crippen LogP contribution in [0.1, 0.15) is 19.8 Å². The van der Waals surface area contributed by atoms with E-state index in [2.05, 4.69) is 10.6 Å². The Morgan fingerprint density at radius 1 is 1.16 bits per heavy atom. The summed E-state index contributed by atoms with van der Waals surface area (Å²) in [7, 11) is 0. The summed E-state index contributed by atoms with van der Waals surface area (Å²) in [5.41, 5.74) is 0. The minimum atomic E-state index is -1.13. The Hall–Kier alpha value is -1.67. The van der Waals surface area contributed by atoms with E-state index in [1.54, 1.807) is 0 Å². The van der Waals surface area contributed by atoms with Gasteiger partial charge in [0.1, 0.15) is 6.04 Å². The average molecular weight is 276 g/mol. The number of hydrogen-bond donors (Lipinski definition) is 4. The lowest BCUT2D eigenvalue weighted by atomic mass is 10.2. The lowest BCUT2D eigenvalue weighted by Crippen LogP contribution is -2.39. The third-order valence-electron chi connectivity index (χ3n) is 2.13. The number of carbonyl (C=O) groups is 3. The largest absolute Gasteiger partial charge is 0.480 e. The lowest BCUT2D eigenvalue weighted by Gasteiger charge is -2.09. The number of hydrogen-bond acceptors (Lipinski definition) is 5. The fourth-order valence-corrected chi connectivity index (χ4v) is 1.12. The standard InChI is InChI=1S/C11H20N2O6/c1-8(11(17)18)13-10(16)3-2-9(15)12-4-6-19-7-5-14/h8,14H,2-7H2,1H3,(H,12,15)(H,13,16)(H,17,18). The number of nitrogens with one attached hydrogen (secondary N) is 2. The van der Waals surface area contributed by atoms with E-state index >= 15 is 0 Å². The third-order valence-corrected chi connectivity index (χ3v) is 2.13. The fourth-order valence-electron chi connectivity index (χ4n) is 1.12. The first-order chi connectivity index (χ1) is 8.97. The Balaban J connectivity index is 3.61. The van der Waals surface area contributed by atoms with Crippen LogP contribution in [0.3, 0.4) is 0 Å². The molecule has 8 nitrogen and oxygen atoms in total. The Morgan fingerprint density at radius 3 is 2.37 bits per heavy atom. The molecule has 0 rings (SSSR count). The zero-order valence-electron chi connectivity index (χ0n) is 10.8. The number of ether oxygens (including phenoxy) is 1. The van der Waals surface area contributed by atoms with Crippen molar-refractivity contribution in [1.82, 2.24) is 10.6 Å². The van der Waals surface area contributed by atoms with Crippen molar-refractivity contribution in [3.8, 4) is 0 Å². The Morgan fingerprint density at radius 2 is 1.79 bits per heavy atom. The van der Waals surface area contributed by atoms with Gasteiger partial charge >= 0.3 is 5.97 Å². The van der Waals surface area contributed by atoms with Crippen LogP contribution in [0.25, 0.3) is 0 Å². The molecule has 0 bridgehead atoms. The second-order valence-electron chi connectivity index (χ2n) is 3.81. The number of carboxylic acid groups (broad SMARTS) is 1. The number of amides is 2. The Labute approximate surface area is 111 Å². The molecule has 0 heterocycles. The molecule has 0 aromatic heterocycles. The van der Waals surface area contributed by atoms with Gasteiger partial charge in [0.25, 0.3) is 0 Å². The van der Waals surface area contributed by atoms with Crippen LogP contribution in [0, 0.1) is 0 Å². The molecule has 0 aliphatic rings. The second kappa shape index (κ2) is 10.3. The minimum absolute atomic E-state index is 0.0157. The van der Waals surface area contributed by atoms with Gasteiger partial charge in [0.15, 0.2) is 0 Å². The summed E-state index contributed by atoms with van der Waals surface area (Å²) in [6, 6.07) is -0.970. The summed E-state index contributed by atoms with van der Waals surface area (Å²) in [6.07, 6.45) is -0.0842. The monoisotopic (exact) mass is 276 g/mol. The lowest BCUT2D eigenvalue weighted by molar-refractivity contribution is -0.141. The van der Waals surface area contributed by atoms with Gasteiger partial charge in [0.2, 0.25) is 11.8 Å². The summed E-state index contributed by atoms with van der Waals surface area (Å²) in [5.74, 6) is -1.92. The fraction of sp³-hybridized carbons (Fsp3) is 0.727. The van der Waals surface area contributed by atoms with Crippen molar-refractivity contribution in [1.29, 1.82) is 0 Å². The summed E-state index contributed by atoms with van der Waals surface area (Å²) in [4.78, 5) is 33.0. The highest BCUT2D eigenvalue weighted by molar-refractivity contribution is 5.86. The molecule has 0 aliphatic carbocycles. The molecule has 4 N–H and O–H groups in total. The quantitative estimate of drug-likeness (QED) is 0.359. The van der Waals surface area contributed by atoms with Gasteiger partial charge in [-0.2, -0.15) is 0 Å². The third kappa shape index (κ3) is 9.98. The van der Waals surface area contributed by atoms with E-state index in [0.717, 1.165) is 0 Å². The zero-order chi connectivity index (χ0) is 14.7. The highest BCUT2D eigenvalue weighted by Crippen LogP contribution is 1.91. The van der Waals surface area contributed by atoms with E-state index in [1.165, 1.54) is 6.92 Å². The van der Waals surface area contributed by atoms with Crippen LogP contribution < -0.4 is 10.6 Å². The number of carbonyl (C=O) groups excluding carboxylic acids is 2. The molecule has 0 saturated carbocycles. The van der Waals surface area contributed by atoms with Crippen molar-refractivity contribution >= 4 is 17.8 Å². The molecule has 0 saturated heterocycles. The normalized spacial score (nSPS) is 11.7. The Bertz CT molecular complexity index is 308. The van der Waals surface area contributed by atoms with Crippen molar-refractivity contribution in [2.75, 3.05) is 26.4 Å². The summed E-state index contributed by atoms with van der Waals surface area (Å²) >= 11 is 0. The summed E-state index contributed by atoms with van der Waals surface area (Å²) in [5, 5.41) is 21.8. The molecule has 110 valence electrons. The van der Waals surface area contributed by atoms with Crippen molar-refractivity contribution in [2.24, 2.45) is 0 Å². The molecule has 0 spiro atoms. The van der Waals surface area contributed by atoms with Crippen molar-refractivity contribution in [3.63, 3.8) is 0 Å². The average Bonchev–Trinajstić information content (AvgIpc) is 2.36. The molecule has 0 radical (unpaired) electrons. The molecule has 0 aromatic carbocycles. The van der Waals surface area contributed by atoms with Gasteiger partial charge in [-0.1, -0.05) is 0 Å². The van der Waals surface area contributed by atoms with Crippen LogP contribution in [-0.4, -0.2) is 60.4 Å².